The Hall–Kier alpha value is -9.04. The van der Waals surface area contributed by atoms with Crippen LogP contribution in [-0.4, -0.2) is 144 Å². The number of rotatable bonds is 6. The van der Waals surface area contributed by atoms with Gasteiger partial charge in [0.15, 0.2) is 52.0 Å². The molecule has 0 radical (unpaired) electrons. The molecule has 0 aliphatic rings. The number of thiophene rings is 1. The van der Waals surface area contributed by atoms with Crippen molar-refractivity contribution in [2.45, 2.75) is 0 Å². The highest BCUT2D eigenvalue weighted by Gasteiger charge is 2.35. The topological polar surface area (TPSA) is 362 Å². The minimum atomic E-state index is -1.24. The number of aromatic hydroxyl groups is 16. The molecule has 0 unspecified atom stereocenters. The van der Waals surface area contributed by atoms with Crippen LogP contribution in [0.25, 0.3) is 87.7 Å². The Labute approximate surface area is 408 Å². The molecule has 71 heavy (non-hydrogen) atoms. The summed E-state index contributed by atoms with van der Waals surface area (Å²) in [4.78, 5) is 13.2. The van der Waals surface area contributed by atoms with Crippen LogP contribution in [0.4, 0.5) is 0 Å². The lowest BCUT2D eigenvalue weighted by Crippen LogP contribution is -2.19. The molecule has 0 atom stereocenters. The van der Waals surface area contributed by atoms with Gasteiger partial charge in [-0.2, -0.15) is 0 Å². The van der Waals surface area contributed by atoms with Crippen LogP contribution < -0.4 is 32.8 Å². The third-order valence-corrected chi connectivity index (χ3v) is 14.2. The highest BCUT2D eigenvalue weighted by molar-refractivity contribution is 7.26. The van der Waals surface area contributed by atoms with Crippen LogP contribution in [0.3, 0.4) is 0 Å². The fourth-order valence-corrected chi connectivity index (χ4v) is 10.2. The van der Waals surface area contributed by atoms with Gasteiger partial charge in [0.25, 0.3) is 0 Å². The van der Waals surface area contributed by atoms with E-state index in [0.717, 1.165) is 23.3 Å². The molecular formula is C45H35B6N3O16S. The van der Waals surface area contributed by atoms with Crippen molar-refractivity contribution in [2.24, 2.45) is 0 Å². The summed E-state index contributed by atoms with van der Waals surface area (Å²) in [5, 5.41) is 183. The maximum absolute atomic E-state index is 12.4. The number of nitrogens with zero attached hydrogens (tertiary/aromatic N) is 3. The minimum absolute atomic E-state index is 0.132. The summed E-state index contributed by atoms with van der Waals surface area (Å²) in [6, 6.07) is 12.6. The number of benzene rings is 7. The zero-order chi connectivity index (χ0) is 51.7. The molecular weight excluding hydrogens is 935 g/mol. The Morgan fingerprint density at radius 1 is 0.282 bits per heavy atom. The van der Waals surface area contributed by atoms with E-state index < -0.39 is 154 Å². The van der Waals surface area contributed by atoms with Gasteiger partial charge in [-0.1, -0.05) is 36.4 Å². The first-order valence-electron chi connectivity index (χ1n) is 21.1. The van der Waals surface area contributed by atoms with Crippen LogP contribution in [0.5, 0.6) is 92.0 Å². The van der Waals surface area contributed by atoms with E-state index in [1.54, 1.807) is 12.1 Å². The highest BCUT2D eigenvalue weighted by atomic mass is 32.1. The van der Waals surface area contributed by atoms with Crippen LogP contribution in [0.2, 0.25) is 0 Å². The van der Waals surface area contributed by atoms with Gasteiger partial charge in [0, 0.05) is 36.9 Å². The van der Waals surface area contributed by atoms with Gasteiger partial charge >= 0.3 is 0 Å². The van der Waals surface area contributed by atoms with E-state index in [-0.39, 0.29) is 32.9 Å². The van der Waals surface area contributed by atoms with E-state index in [9.17, 15) is 81.7 Å². The Kier molecular flexibility index (Phi) is 10.8. The summed E-state index contributed by atoms with van der Waals surface area (Å²) in [6.45, 7) is 0. The summed E-state index contributed by atoms with van der Waals surface area (Å²) in [7, 11) is 7.47. The summed E-state index contributed by atoms with van der Waals surface area (Å²) >= 11 is 1.35. The number of hydrogen-bond donors (Lipinski definition) is 16. The van der Waals surface area contributed by atoms with Crippen molar-refractivity contribution in [1.29, 1.82) is 0 Å². The van der Waals surface area contributed by atoms with E-state index >= 15 is 0 Å². The SMILES string of the molecule is Bc1c(O)c(B)c(O)c(-c2c(B)c(O)c(-c3nc(-c4c(B)c(O)c(-c5c(B)c(O)c(O)c(O)c5O)c(O)c4O)nc(-c4c(O)c(B)c(O)c(-c5cccc6c5sc5ccccc56)c4O)n3)c(O)c2O)c1O. The molecule has 0 spiro atoms. The fraction of sp³-hybridized carbons (Fsp3) is 0. The van der Waals surface area contributed by atoms with Gasteiger partial charge in [-0.05, 0) is 38.8 Å². The first-order valence-corrected chi connectivity index (χ1v) is 22.0. The molecule has 9 rings (SSSR count). The molecule has 0 bridgehead atoms. The Morgan fingerprint density at radius 2 is 0.648 bits per heavy atom. The second kappa shape index (κ2) is 16.3. The molecule has 16 N–H and O–H groups in total. The van der Waals surface area contributed by atoms with Crippen molar-refractivity contribution in [3.05, 3.63) is 42.5 Å². The number of aromatic nitrogens is 3. The molecule has 26 heteroatoms. The van der Waals surface area contributed by atoms with E-state index in [4.69, 9.17) is 0 Å². The molecule has 0 saturated heterocycles. The lowest BCUT2D eigenvalue weighted by atomic mass is 9.76. The molecule has 0 saturated carbocycles. The smallest absolute Gasteiger partial charge is 0.204 e. The van der Waals surface area contributed by atoms with Gasteiger partial charge in [-0.25, -0.2) is 15.0 Å². The third-order valence-electron chi connectivity index (χ3n) is 13.0. The maximum Gasteiger partial charge on any atom is 0.204 e. The minimum Gasteiger partial charge on any atom is -0.509 e. The predicted molar refractivity (Wildman–Crippen MR) is 281 cm³/mol. The summed E-state index contributed by atoms with van der Waals surface area (Å²) in [6.07, 6.45) is 0. The Bertz CT molecular complexity index is 3620. The maximum atomic E-state index is 12.4. The van der Waals surface area contributed by atoms with Crippen molar-refractivity contribution < 1.29 is 81.7 Å². The second-order valence-electron chi connectivity index (χ2n) is 16.9. The van der Waals surface area contributed by atoms with Crippen molar-refractivity contribution in [3.8, 4) is 160 Å². The predicted octanol–water partition coefficient (Wildman–Crippen LogP) is -2.92. The summed E-state index contributed by atoms with van der Waals surface area (Å²) in [5.74, 6) is -17.3. The number of hydrogen-bond acceptors (Lipinski definition) is 20. The highest BCUT2D eigenvalue weighted by Crippen LogP contribution is 2.56. The van der Waals surface area contributed by atoms with Gasteiger partial charge < -0.3 is 81.7 Å². The largest absolute Gasteiger partial charge is 0.509 e. The summed E-state index contributed by atoms with van der Waals surface area (Å²) < 4.78 is 1.49. The van der Waals surface area contributed by atoms with Crippen LogP contribution in [0, 0.1) is 0 Å². The van der Waals surface area contributed by atoms with Crippen molar-refractivity contribution >= 4 is 111 Å². The van der Waals surface area contributed by atoms with Crippen LogP contribution >= 0.6 is 11.3 Å². The fourth-order valence-electron chi connectivity index (χ4n) is 9.00. The molecule has 2 heterocycles. The van der Waals surface area contributed by atoms with Gasteiger partial charge in [-0.3, -0.25) is 0 Å². The average Bonchev–Trinajstić information content (AvgIpc) is 3.74. The molecule has 19 nitrogen and oxygen atoms in total. The van der Waals surface area contributed by atoms with Crippen molar-refractivity contribution in [1.82, 2.24) is 15.0 Å². The van der Waals surface area contributed by atoms with Crippen molar-refractivity contribution in [2.75, 3.05) is 0 Å². The molecule has 0 aliphatic heterocycles. The lowest BCUT2D eigenvalue weighted by Gasteiger charge is -2.22. The van der Waals surface area contributed by atoms with Crippen LogP contribution in [0.1, 0.15) is 0 Å². The quantitative estimate of drug-likeness (QED) is 0.0451. The molecule has 9 aromatic rings. The molecule has 7 aromatic carbocycles. The molecule has 2 aromatic heterocycles. The van der Waals surface area contributed by atoms with E-state index in [1.165, 1.54) is 50.6 Å². The molecule has 0 amide bonds. The zero-order valence-corrected chi connectivity index (χ0v) is 38.8. The number of phenols is 16. The molecule has 350 valence electrons. The molecule has 0 aliphatic carbocycles. The zero-order valence-electron chi connectivity index (χ0n) is 37.9. The van der Waals surface area contributed by atoms with Crippen LogP contribution in [-0.2, 0) is 0 Å². The first-order chi connectivity index (χ1) is 33.4. The van der Waals surface area contributed by atoms with E-state index in [1.807, 2.05) is 30.3 Å². The number of fused-ring (bicyclic) bond motifs is 3. The second-order valence-corrected chi connectivity index (χ2v) is 18.0. The van der Waals surface area contributed by atoms with E-state index in [0.29, 0.717) is 10.3 Å². The van der Waals surface area contributed by atoms with Crippen molar-refractivity contribution in [3.63, 3.8) is 0 Å². The first kappa shape index (κ1) is 47.0. The van der Waals surface area contributed by atoms with Gasteiger partial charge in [0.2, 0.25) is 11.5 Å². The van der Waals surface area contributed by atoms with Gasteiger partial charge in [0.1, 0.15) is 104 Å². The standard InChI is InChI=1S/C45H35B6N3O16S/c46-20-13(15-29(58)24(50)38(67)25(51)30(15)59)33(62)37(66)19(31(20)60)45-53-43(17-22(48)28(57)16(35(64)36(17)65)14-21(47)39(68)41(70)40(69)34(14)63)52-44(54-45)18-26(55)12(27(56)23(49)32(18)61)10-6-3-5-9-8-4-1-2-7-11(8)71-42(9)10/h1-7,55-70H,46-51H2. The Morgan fingerprint density at radius 3 is 1.25 bits per heavy atom. The normalized spacial score (nSPS) is 11.5. The summed E-state index contributed by atoms with van der Waals surface area (Å²) in [5.41, 5.74) is -5.89. The monoisotopic (exact) mass is 971 g/mol. The lowest BCUT2D eigenvalue weighted by molar-refractivity contribution is 0.348. The van der Waals surface area contributed by atoms with Crippen LogP contribution in [0.15, 0.2) is 42.5 Å². The van der Waals surface area contributed by atoms with Gasteiger partial charge in [0.05, 0.1) is 22.3 Å². The van der Waals surface area contributed by atoms with Gasteiger partial charge in [-0.15, -0.1) is 11.3 Å². The number of phenolic OH excluding ortho intramolecular Hbond substituents is 16. The third kappa shape index (κ3) is 6.54. The average molecular weight is 971 g/mol. The van der Waals surface area contributed by atoms with E-state index in [2.05, 4.69) is 15.0 Å². The Balaban J connectivity index is 1.38. The molecule has 0 fully saturated rings.